The number of rotatable bonds is 1. The van der Waals surface area contributed by atoms with E-state index in [9.17, 15) is 15.0 Å². The smallest absolute Gasteiger partial charge is 0.208 e. The number of aliphatic hydroxyl groups is 1. The Morgan fingerprint density at radius 3 is 2.59 bits per heavy atom. The summed E-state index contributed by atoms with van der Waals surface area (Å²) in [5.41, 5.74) is 2.58. The molecule has 3 aliphatic rings. The monoisotopic (exact) mass is 516 g/mol. The van der Waals surface area contributed by atoms with E-state index in [1.54, 1.807) is 12.1 Å². The SMILES string of the molecule is C[C@]12CC[C@@H]3c4ccc(O)cc4CC[C@H]3[C@@H]1CC[C@@]2(O)C#Cc1c(-c2ccccc2)oc2ccccc2c1=O. The van der Waals surface area contributed by atoms with Crippen molar-refractivity contribution in [1.82, 2.24) is 0 Å². The van der Waals surface area contributed by atoms with Crippen molar-refractivity contribution < 1.29 is 14.6 Å². The molecule has 5 atom stereocenters. The molecule has 4 nitrogen and oxygen atoms in total. The van der Waals surface area contributed by atoms with E-state index in [4.69, 9.17) is 4.42 Å². The van der Waals surface area contributed by atoms with E-state index >= 15 is 0 Å². The Kier molecular flexibility index (Phi) is 5.51. The number of phenolic OH excluding ortho intramolecular Hbond substituents is 1. The van der Waals surface area contributed by atoms with Crippen molar-refractivity contribution in [3.63, 3.8) is 0 Å². The minimum Gasteiger partial charge on any atom is -0.508 e. The molecule has 0 spiro atoms. The fraction of sp³-hybridized carbons (Fsp3) is 0.343. The molecule has 2 fully saturated rings. The van der Waals surface area contributed by atoms with Crippen molar-refractivity contribution in [3.8, 4) is 28.9 Å². The molecular weight excluding hydrogens is 484 g/mol. The van der Waals surface area contributed by atoms with Crippen LogP contribution in [0.3, 0.4) is 0 Å². The van der Waals surface area contributed by atoms with E-state index < -0.39 is 5.60 Å². The predicted molar refractivity (Wildman–Crippen MR) is 152 cm³/mol. The number of para-hydroxylation sites is 1. The highest BCUT2D eigenvalue weighted by Crippen LogP contribution is 2.64. The zero-order valence-corrected chi connectivity index (χ0v) is 22.1. The molecule has 196 valence electrons. The van der Waals surface area contributed by atoms with E-state index in [0.717, 1.165) is 37.7 Å². The summed E-state index contributed by atoms with van der Waals surface area (Å²) in [6.45, 7) is 2.21. The normalized spacial score (nSPS) is 29.1. The van der Waals surface area contributed by atoms with Crippen LogP contribution in [0.1, 0.15) is 61.6 Å². The van der Waals surface area contributed by atoms with Crippen molar-refractivity contribution in [1.29, 1.82) is 0 Å². The lowest BCUT2D eigenvalue weighted by Gasteiger charge is -2.52. The second-order valence-corrected chi connectivity index (χ2v) is 11.9. The summed E-state index contributed by atoms with van der Waals surface area (Å²) in [5.74, 6) is 8.53. The van der Waals surface area contributed by atoms with Crippen LogP contribution in [0.25, 0.3) is 22.3 Å². The van der Waals surface area contributed by atoms with Gasteiger partial charge < -0.3 is 14.6 Å². The Morgan fingerprint density at radius 1 is 0.949 bits per heavy atom. The first-order chi connectivity index (χ1) is 18.9. The maximum absolute atomic E-state index is 13.7. The Hall–Kier alpha value is -3.81. The number of hydrogen-bond acceptors (Lipinski definition) is 4. The van der Waals surface area contributed by atoms with Crippen molar-refractivity contribution in [2.45, 2.75) is 57.0 Å². The van der Waals surface area contributed by atoms with Gasteiger partial charge in [-0.25, -0.2) is 0 Å². The van der Waals surface area contributed by atoms with Gasteiger partial charge in [-0.1, -0.05) is 67.3 Å². The molecule has 0 radical (unpaired) electrons. The van der Waals surface area contributed by atoms with Gasteiger partial charge in [0.05, 0.1) is 5.39 Å². The molecule has 0 saturated heterocycles. The maximum atomic E-state index is 13.7. The summed E-state index contributed by atoms with van der Waals surface area (Å²) >= 11 is 0. The molecule has 3 aromatic carbocycles. The van der Waals surface area contributed by atoms with Crippen LogP contribution in [-0.2, 0) is 6.42 Å². The van der Waals surface area contributed by atoms with Crippen LogP contribution in [0.15, 0.2) is 82.0 Å². The molecule has 0 unspecified atom stereocenters. The molecule has 4 aromatic rings. The molecule has 4 heteroatoms. The number of phenols is 1. The molecule has 0 bridgehead atoms. The standard InChI is InChI=1S/C35H32O4/c1-34-18-15-26-25-14-12-24(36)21-23(25)11-13-27(26)30(34)17-20-35(34,38)19-16-29-32(37)28-9-5-6-10-31(28)39-33(29)22-7-3-2-4-8-22/h2-10,12,14,21,26-27,30,36,38H,11,13,15,17-18,20H2,1H3/t26-,27-,30+,34+,35+/m1/s1. The summed E-state index contributed by atoms with van der Waals surface area (Å²) in [6, 6.07) is 22.7. The largest absolute Gasteiger partial charge is 0.508 e. The minimum atomic E-state index is -1.18. The number of hydrogen-bond donors (Lipinski definition) is 2. The number of benzene rings is 3. The fourth-order valence-corrected chi connectivity index (χ4v) is 8.00. The van der Waals surface area contributed by atoms with Crippen LogP contribution in [0.2, 0.25) is 0 Å². The van der Waals surface area contributed by atoms with Crippen molar-refractivity contribution in [3.05, 3.63) is 99.7 Å². The third kappa shape index (κ3) is 3.67. The Morgan fingerprint density at radius 2 is 1.74 bits per heavy atom. The third-order valence-corrected chi connectivity index (χ3v) is 10.1. The van der Waals surface area contributed by atoms with Gasteiger partial charge in [0.1, 0.15) is 22.5 Å². The molecule has 1 aromatic heterocycles. The quantitative estimate of drug-likeness (QED) is 0.273. The van der Waals surface area contributed by atoms with E-state index in [2.05, 4.69) is 24.8 Å². The Labute approximate surface area is 228 Å². The molecule has 39 heavy (non-hydrogen) atoms. The molecule has 0 aliphatic heterocycles. The van der Waals surface area contributed by atoms with E-state index in [1.807, 2.05) is 54.6 Å². The highest BCUT2D eigenvalue weighted by molar-refractivity contribution is 5.82. The van der Waals surface area contributed by atoms with Crippen LogP contribution >= 0.6 is 0 Å². The number of aryl methyl sites for hydroxylation is 1. The molecule has 2 saturated carbocycles. The summed E-state index contributed by atoms with van der Waals surface area (Å²) in [7, 11) is 0. The lowest BCUT2D eigenvalue weighted by atomic mass is 9.53. The molecule has 2 N–H and O–H groups in total. The number of aromatic hydroxyl groups is 1. The van der Waals surface area contributed by atoms with Gasteiger partial charge in [0.2, 0.25) is 5.43 Å². The second-order valence-electron chi connectivity index (χ2n) is 11.9. The van der Waals surface area contributed by atoms with Crippen molar-refractivity contribution in [2.75, 3.05) is 0 Å². The van der Waals surface area contributed by atoms with Gasteiger partial charge in [0, 0.05) is 11.0 Å². The highest BCUT2D eigenvalue weighted by atomic mass is 16.3. The minimum absolute atomic E-state index is 0.164. The van der Waals surface area contributed by atoms with Crippen LogP contribution in [0.4, 0.5) is 0 Å². The summed E-state index contributed by atoms with van der Waals surface area (Å²) < 4.78 is 6.25. The summed E-state index contributed by atoms with van der Waals surface area (Å²) in [6.07, 6.45) is 5.42. The van der Waals surface area contributed by atoms with E-state index in [0.29, 0.717) is 52.2 Å². The van der Waals surface area contributed by atoms with Crippen LogP contribution in [0.5, 0.6) is 5.75 Å². The van der Waals surface area contributed by atoms with Gasteiger partial charge in [-0.3, -0.25) is 4.79 Å². The van der Waals surface area contributed by atoms with E-state index in [1.165, 1.54) is 11.1 Å². The van der Waals surface area contributed by atoms with Crippen molar-refractivity contribution >= 4 is 11.0 Å². The van der Waals surface area contributed by atoms with Gasteiger partial charge >= 0.3 is 0 Å². The van der Waals surface area contributed by atoms with Gasteiger partial charge in [0.15, 0.2) is 5.76 Å². The van der Waals surface area contributed by atoms with Crippen LogP contribution in [-0.4, -0.2) is 15.8 Å². The van der Waals surface area contributed by atoms with Crippen LogP contribution < -0.4 is 5.43 Å². The van der Waals surface area contributed by atoms with Crippen molar-refractivity contribution in [2.24, 2.45) is 17.3 Å². The first-order valence-electron chi connectivity index (χ1n) is 14.1. The molecular formula is C35H32O4. The zero-order valence-electron chi connectivity index (χ0n) is 22.1. The summed E-state index contributed by atoms with van der Waals surface area (Å²) in [5, 5.41) is 22.6. The Bertz CT molecular complexity index is 1710. The maximum Gasteiger partial charge on any atom is 0.208 e. The van der Waals surface area contributed by atoms with Gasteiger partial charge in [-0.05, 0) is 91.7 Å². The molecule has 0 amide bonds. The first kappa shape index (κ1) is 24.2. The van der Waals surface area contributed by atoms with Gasteiger partial charge in [0.25, 0.3) is 0 Å². The van der Waals surface area contributed by atoms with Gasteiger partial charge in [-0.15, -0.1) is 0 Å². The third-order valence-electron chi connectivity index (χ3n) is 10.1. The fourth-order valence-electron chi connectivity index (χ4n) is 8.00. The topological polar surface area (TPSA) is 70.7 Å². The van der Waals surface area contributed by atoms with E-state index in [-0.39, 0.29) is 10.8 Å². The molecule has 3 aliphatic carbocycles. The molecule has 7 rings (SSSR count). The average Bonchev–Trinajstić information content (AvgIpc) is 3.23. The first-order valence-corrected chi connectivity index (χ1v) is 14.1. The molecule has 1 heterocycles. The summed E-state index contributed by atoms with van der Waals surface area (Å²) in [4.78, 5) is 13.7. The Balaban J connectivity index is 1.29. The average molecular weight is 517 g/mol. The highest BCUT2D eigenvalue weighted by Gasteiger charge is 2.61. The van der Waals surface area contributed by atoms with Crippen LogP contribution in [0, 0.1) is 29.1 Å². The lowest BCUT2D eigenvalue weighted by Crippen LogP contribution is -2.50. The second kappa shape index (κ2) is 8.86. The van der Waals surface area contributed by atoms with Gasteiger partial charge in [-0.2, -0.15) is 0 Å². The predicted octanol–water partition coefficient (Wildman–Crippen LogP) is 6.80. The number of fused-ring (bicyclic) bond motifs is 6. The zero-order chi connectivity index (χ0) is 26.8. The lowest BCUT2D eigenvalue weighted by molar-refractivity contribution is -0.0647.